The van der Waals surface area contributed by atoms with Crippen LogP contribution < -0.4 is 10.9 Å². The summed E-state index contributed by atoms with van der Waals surface area (Å²) in [4.78, 5) is 23.8. The molecule has 1 aromatic heterocycles. The Hall–Kier alpha value is -1.85. The van der Waals surface area contributed by atoms with E-state index in [1.165, 1.54) is 4.68 Å². The Kier molecular flexibility index (Phi) is 3.36. The normalized spacial score (nSPS) is 16.6. The van der Waals surface area contributed by atoms with Crippen LogP contribution in [0, 0.1) is 6.92 Å². The number of ether oxygens (including phenoxy) is 1. The summed E-state index contributed by atoms with van der Waals surface area (Å²) in [5, 5.41) is 6.92. The van der Waals surface area contributed by atoms with Crippen LogP contribution in [0.2, 0.25) is 0 Å². The molecule has 1 aliphatic carbocycles. The second kappa shape index (κ2) is 4.61. The lowest BCUT2D eigenvalue weighted by Gasteiger charge is -2.24. The lowest BCUT2D eigenvalue weighted by molar-refractivity contribution is 0.0495. The van der Waals surface area contributed by atoms with E-state index in [2.05, 4.69) is 10.4 Å². The van der Waals surface area contributed by atoms with Gasteiger partial charge in [-0.05, 0) is 40.5 Å². The Morgan fingerprint density at radius 3 is 2.55 bits per heavy atom. The standard InChI is InChI=1S/C14H21N3O3/c1-9-10(8-15-17(5)11(9)18)14(6-7-14)16-12(19)20-13(2,3)4/h8H,6-7H2,1-5H3,(H,16,19). The van der Waals surface area contributed by atoms with Crippen LogP contribution in [0.25, 0.3) is 0 Å². The van der Waals surface area contributed by atoms with Gasteiger partial charge in [0.1, 0.15) is 5.60 Å². The molecule has 6 nitrogen and oxygen atoms in total. The zero-order valence-corrected chi connectivity index (χ0v) is 12.6. The molecule has 0 aromatic carbocycles. The lowest BCUT2D eigenvalue weighted by Crippen LogP contribution is -2.40. The number of carbonyl (C=O) groups excluding carboxylic acids is 1. The van der Waals surface area contributed by atoms with Gasteiger partial charge in [-0.2, -0.15) is 5.10 Å². The Labute approximate surface area is 118 Å². The lowest BCUT2D eigenvalue weighted by atomic mass is 10.0. The zero-order chi connectivity index (χ0) is 15.1. The summed E-state index contributed by atoms with van der Waals surface area (Å²) in [5.74, 6) is 0. The summed E-state index contributed by atoms with van der Waals surface area (Å²) in [6.45, 7) is 7.21. The fourth-order valence-electron chi connectivity index (χ4n) is 2.22. The monoisotopic (exact) mass is 279 g/mol. The predicted octanol–water partition coefficient (Wildman–Crippen LogP) is 1.60. The summed E-state index contributed by atoms with van der Waals surface area (Å²) < 4.78 is 6.57. The van der Waals surface area contributed by atoms with Gasteiger partial charge in [0.2, 0.25) is 0 Å². The van der Waals surface area contributed by atoms with Crippen LogP contribution in [0.15, 0.2) is 11.0 Å². The maximum atomic E-state index is 11.9. The van der Waals surface area contributed by atoms with Crippen molar-refractivity contribution in [3.8, 4) is 0 Å². The largest absolute Gasteiger partial charge is 0.444 e. The first-order valence-electron chi connectivity index (χ1n) is 6.69. The Morgan fingerprint density at radius 2 is 2.05 bits per heavy atom. The number of aromatic nitrogens is 2. The van der Waals surface area contributed by atoms with E-state index in [-0.39, 0.29) is 5.56 Å². The van der Waals surface area contributed by atoms with Gasteiger partial charge in [0, 0.05) is 18.2 Å². The highest BCUT2D eigenvalue weighted by atomic mass is 16.6. The van der Waals surface area contributed by atoms with E-state index in [0.717, 1.165) is 18.4 Å². The Morgan fingerprint density at radius 1 is 1.45 bits per heavy atom. The van der Waals surface area contributed by atoms with E-state index >= 15 is 0 Å². The SMILES string of the molecule is Cc1c(C2(NC(=O)OC(C)(C)C)CC2)cnn(C)c1=O. The molecule has 1 heterocycles. The fraction of sp³-hybridized carbons (Fsp3) is 0.643. The summed E-state index contributed by atoms with van der Waals surface area (Å²) in [5.41, 5.74) is 0.231. The topological polar surface area (TPSA) is 73.2 Å². The first-order valence-corrected chi connectivity index (χ1v) is 6.69. The third-order valence-electron chi connectivity index (χ3n) is 3.38. The Bertz CT molecular complexity index is 595. The predicted molar refractivity (Wildman–Crippen MR) is 74.5 cm³/mol. The van der Waals surface area contributed by atoms with Crippen LogP contribution in [-0.4, -0.2) is 21.5 Å². The highest BCUT2D eigenvalue weighted by Crippen LogP contribution is 2.46. The molecule has 0 bridgehead atoms. The molecule has 1 aromatic rings. The number of hydrogen-bond donors (Lipinski definition) is 1. The number of rotatable bonds is 2. The maximum absolute atomic E-state index is 11.9. The number of nitrogens with zero attached hydrogens (tertiary/aromatic N) is 2. The van der Waals surface area contributed by atoms with E-state index < -0.39 is 17.2 Å². The average Bonchev–Trinajstić information content (AvgIpc) is 3.03. The molecule has 0 atom stereocenters. The van der Waals surface area contributed by atoms with Gasteiger partial charge < -0.3 is 10.1 Å². The number of aryl methyl sites for hydroxylation is 1. The molecule has 1 aliphatic rings. The van der Waals surface area contributed by atoms with Crippen LogP contribution in [0.3, 0.4) is 0 Å². The van der Waals surface area contributed by atoms with Crippen molar-refractivity contribution in [2.45, 2.75) is 51.7 Å². The second-order valence-corrected chi connectivity index (χ2v) is 6.32. The van der Waals surface area contributed by atoms with Crippen molar-refractivity contribution in [3.63, 3.8) is 0 Å². The Balaban J connectivity index is 2.23. The third-order valence-corrected chi connectivity index (χ3v) is 3.38. The number of amides is 1. The highest BCUT2D eigenvalue weighted by molar-refractivity contribution is 5.70. The highest BCUT2D eigenvalue weighted by Gasteiger charge is 2.48. The molecule has 0 spiro atoms. The minimum atomic E-state index is -0.541. The molecule has 0 saturated heterocycles. The van der Waals surface area contributed by atoms with Crippen molar-refractivity contribution < 1.29 is 9.53 Å². The van der Waals surface area contributed by atoms with Crippen molar-refractivity contribution in [1.29, 1.82) is 0 Å². The molecular formula is C14H21N3O3. The van der Waals surface area contributed by atoms with Crippen LogP contribution in [-0.2, 0) is 17.3 Å². The van der Waals surface area contributed by atoms with E-state index in [4.69, 9.17) is 4.74 Å². The quantitative estimate of drug-likeness (QED) is 0.892. The van der Waals surface area contributed by atoms with Gasteiger partial charge in [-0.3, -0.25) is 4.79 Å². The number of carbonyl (C=O) groups is 1. The van der Waals surface area contributed by atoms with E-state index in [1.807, 2.05) is 20.8 Å². The van der Waals surface area contributed by atoms with Gasteiger partial charge in [-0.15, -0.1) is 0 Å². The minimum absolute atomic E-state index is 0.139. The maximum Gasteiger partial charge on any atom is 0.408 e. The molecule has 6 heteroatoms. The molecule has 2 rings (SSSR count). The molecule has 0 aliphatic heterocycles. The fourth-order valence-corrected chi connectivity index (χ4v) is 2.22. The van der Waals surface area contributed by atoms with Gasteiger partial charge in [0.25, 0.3) is 5.56 Å². The van der Waals surface area contributed by atoms with E-state index in [9.17, 15) is 9.59 Å². The molecule has 1 N–H and O–H groups in total. The minimum Gasteiger partial charge on any atom is -0.444 e. The molecule has 110 valence electrons. The van der Waals surface area contributed by atoms with Crippen LogP contribution in [0.5, 0.6) is 0 Å². The van der Waals surface area contributed by atoms with Gasteiger partial charge in [-0.25, -0.2) is 9.48 Å². The summed E-state index contributed by atoms with van der Waals surface area (Å²) in [6.07, 6.45) is 2.78. The molecule has 20 heavy (non-hydrogen) atoms. The van der Waals surface area contributed by atoms with Gasteiger partial charge in [0.15, 0.2) is 0 Å². The first kappa shape index (κ1) is 14.6. The van der Waals surface area contributed by atoms with Crippen molar-refractivity contribution in [1.82, 2.24) is 15.1 Å². The second-order valence-electron chi connectivity index (χ2n) is 6.32. The van der Waals surface area contributed by atoms with Crippen LogP contribution in [0.1, 0.15) is 44.7 Å². The van der Waals surface area contributed by atoms with Crippen molar-refractivity contribution in [2.75, 3.05) is 0 Å². The summed E-state index contributed by atoms with van der Waals surface area (Å²) in [7, 11) is 1.61. The molecule has 1 fully saturated rings. The van der Waals surface area contributed by atoms with Gasteiger partial charge >= 0.3 is 6.09 Å². The smallest absolute Gasteiger partial charge is 0.408 e. The molecule has 0 unspecified atom stereocenters. The number of nitrogens with one attached hydrogen (secondary N) is 1. The summed E-state index contributed by atoms with van der Waals surface area (Å²) in [6, 6.07) is 0. The van der Waals surface area contributed by atoms with Gasteiger partial charge in [-0.1, -0.05) is 0 Å². The van der Waals surface area contributed by atoms with E-state index in [1.54, 1.807) is 20.2 Å². The average molecular weight is 279 g/mol. The van der Waals surface area contributed by atoms with Crippen LogP contribution >= 0.6 is 0 Å². The van der Waals surface area contributed by atoms with Crippen molar-refractivity contribution in [3.05, 3.63) is 27.7 Å². The zero-order valence-electron chi connectivity index (χ0n) is 12.6. The van der Waals surface area contributed by atoms with Crippen LogP contribution in [0.4, 0.5) is 4.79 Å². The van der Waals surface area contributed by atoms with E-state index in [0.29, 0.717) is 5.56 Å². The molecule has 1 saturated carbocycles. The van der Waals surface area contributed by atoms with Gasteiger partial charge in [0.05, 0.1) is 11.7 Å². The van der Waals surface area contributed by atoms with Crippen molar-refractivity contribution >= 4 is 6.09 Å². The summed E-state index contributed by atoms with van der Waals surface area (Å²) >= 11 is 0. The molecular weight excluding hydrogens is 258 g/mol. The number of hydrogen-bond acceptors (Lipinski definition) is 4. The van der Waals surface area contributed by atoms with Crippen molar-refractivity contribution in [2.24, 2.45) is 7.05 Å². The first-order chi connectivity index (χ1) is 9.15. The number of alkyl carbamates (subject to hydrolysis) is 1. The third kappa shape index (κ3) is 2.84. The molecule has 0 radical (unpaired) electrons. The molecule has 1 amide bonds.